The summed E-state index contributed by atoms with van der Waals surface area (Å²) in [4.78, 5) is 27.3. The van der Waals surface area contributed by atoms with E-state index in [0.717, 1.165) is 16.5 Å². The van der Waals surface area contributed by atoms with Gasteiger partial charge in [-0.05, 0) is 29.7 Å². The summed E-state index contributed by atoms with van der Waals surface area (Å²) in [6.07, 6.45) is 1.49. The van der Waals surface area contributed by atoms with Crippen LogP contribution in [0.4, 0.5) is 11.4 Å². The molecular weight excluding hydrogens is 408 g/mol. The second kappa shape index (κ2) is 9.57. The van der Waals surface area contributed by atoms with Crippen molar-refractivity contribution in [1.29, 1.82) is 0 Å². The van der Waals surface area contributed by atoms with Crippen molar-refractivity contribution in [3.05, 3.63) is 101 Å². The Balaban J connectivity index is 1.39. The van der Waals surface area contributed by atoms with Gasteiger partial charge in [-0.15, -0.1) is 0 Å². The van der Waals surface area contributed by atoms with Gasteiger partial charge in [-0.25, -0.2) is 4.98 Å². The van der Waals surface area contributed by atoms with Crippen LogP contribution < -0.4 is 15.4 Å². The van der Waals surface area contributed by atoms with Crippen LogP contribution in [0.25, 0.3) is 10.8 Å². The number of nitrogens with one attached hydrogen (secondary N) is 2. The number of pyridine rings is 1. The molecule has 0 aliphatic heterocycles. The van der Waals surface area contributed by atoms with Crippen molar-refractivity contribution < 1.29 is 14.5 Å². The number of nitro benzene ring substituents is 1. The van der Waals surface area contributed by atoms with E-state index in [9.17, 15) is 14.9 Å². The second-order valence-corrected chi connectivity index (χ2v) is 6.92. The molecule has 1 amide bonds. The zero-order chi connectivity index (χ0) is 22.3. The zero-order valence-corrected chi connectivity index (χ0v) is 17.0. The van der Waals surface area contributed by atoms with Gasteiger partial charge in [-0.3, -0.25) is 14.9 Å². The predicted octanol–water partition coefficient (Wildman–Crippen LogP) is 4.78. The summed E-state index contributed by atoms with van der Waals surface area (Å²) in [5.41, 5.74) is 1.13. The lowest BCUT2D eigenvalue weighted by atomic mass is 10.1. The molecule has 4 aromatic rings. The molecule has 8 nitrogen and oxygen atoms in total. The van der Waals surface area contributed by atoms with Crippen molar-refractivity contribution in [3.63, 3.8) is 0 Å². The summed E-state index contributed by atoms with van der Waals surface area (Å²) < 4.78 is 5.65. The Bertz CT molecular complexity index is 1270. The Morgan fingerprint density at radius 3 is 2.66 bits per heavy atom. The third-order valence-corrected chi connectivity index (χ3v) is 4.77. The average Bonchev–Trinajstić information content (AvgIpc) is 2.82. The molecule has 0 fully saturated rings. The smallest absolute Gasteiger partial charge is 0.273 e. The van der Waals surface area contributed by atoms with Gasteiger partial charge in [-0.1, -0.05) is 42.5 Å². The fraction of sp³-hybridized carbons (Fsp3) is 0.0833. The van der Waals surface area contributed by atoms with Gasteiger partial charge < -0.3 is 15.4 Å². The maximum Gasteiger partial charge on any atom is 0.273 e. The Labute approximate surface area is 184 Å². The molecule has 8 heteroatoms. The number of benzene rings is 3. The first-order chi connectivity index (χ1) is 15.6. The fourth-order valence-corrected chi connectivity index (χ4v) is 3.27. The zero-order valence-electron chi connectivity index (χ0n) is 17.0. The number of nitro groups is 1. The van der Waals surface area contributed by atoms with E-state index in [1.807, 2.05) is 42.5 Å². The summed E-state index contributed by atoms with van der Waals surface area (Å²) >= 11 is 0. The summed E-state index contributed by atoms with van der Waals surface area (Å²) in [5, 5.41) is 19.4. The van der Waals surface area contributed by atoms with Gasteiger partial charge in [0.25, 0.3) is 11.6 Å². The van der Waals surface area contributed by atoms with E-state index in [4.69, 9.17) is 4.74 Å². The van der Waals surface area contributed by atoms with Gasteiger partial charge in [0, 0.05) is 36.4 Å². The monoisotopic (exact) mass is 428 g/mol. The molecule has 0 spiro atoms. The number of aromatic nitrogens is 1. The Kier molecular flexibility index (Phi) is 6.22. The molecule has 0 aliphatic rings. The molecule has 1 heterocycles. The van der Waals surface area contributed by atoms with E-state index in [0.29, 0.717) is 13.1 Å². The molecule has 0 aliphatic carbocycles. The first kappa shape index (κ1) is 20.8. The number of rotatable bonds is 8. The lowest BCUT2D eigenvalue weighted by Gasteiger charge is -2.12. The lowest BCUT2D eigenvalue weighted by Crippen LogP contribution is -2.29. The summed E-state index contributed by atoms with van der Waals surface area (Å²) in [6, 6.07) is 23.0. The number of carbonyl (C=O) groups is 1. The maximum atomic E-state index is 12.7. The largest absolute Gasteiger partial charge is 0.438 e. The average molecular weight is 428 g/mol. The van der Waals surface area contributed by atoms with Crippen LogP contribution in [-0.2, 0) is 0 Å². The van der Waals surface area contributed by atoms with Crippen LogP contribution in [0.15, 0.2) is 85.1 Å². The number of carbonyl (C=O) groups excluding carboxylic acids is 1. The van der Waals surface area contributed by atoms with Crippen molar-refractivity contribution in [1.82, 2.24) is 10.3 Å². The van der Waals surface area contributed by atoms with Gasteiger partial charge in [-0.2, -0.15) is 0 Å². The topological polar surface area (TPSA) is 106 Å². The SMILES string of the molecule is O=C(NCCNc1cccc2ccccc12)c1cccnc1Oc1cccc([N+](=O)[O-])c1. The maximum absolute atomic E-state index is 12.7. The minimum Gasteiger partial charge on any atom is -0.438 e. The number of hydrogen-bond donors (Lipinski definition) is 2. The van der Waals surface area contributed by atoms with E-state index in [1.54, 1.807) is 18.2 Å². The van der Waals surface area contributed by atoms with Crippen LogP contribution in [0, 0.1) is 10.1 Å². The van der Waals surface area contributed by atoms with Gasteiger partial charge in [0.15, 0.2) is 0 Å². The highest BCUT2D eigenvalue weighted by Crippen LogP contribution is 2.26. The molecule has 4 rings (SSSR count). The molecule has 0 unspecified atom stereocenters. The van der Waals surface area contributed by atoms with Gasteiger partial charge in [0.1, 0.15) is 11.3 Å². The Morgan fingerprint density at radius 2 is 1.78 bits per heavy atom. The molecular formula is C24H20N4O4. The van der Waals surface area contributed by atoms with E-state index in [2.05, 4.69) is 15.6 Å². The van der Waals surface area contributed by atoms with E-state index < -0.39 is 4.92 Å². The molecule has 0 atom stereocenters. The Hall–Kier alpha value is -4.46. The van der Waals surface area contributed by atoms with Crippen LogP contribution in [0.1, 0.15) is 10.4 Å². The minimum atomic E-state index is -0.512. The highest BCUT2D eigenvalue weighted by atomic mass is 16.6. The quantitative estimate of drug-likeness (QED) is 0.238. The third kappa shape index (κ3) is 4.81. The van der Waals surface area contributed by atoms with E-state index in [-0.39, 0.29) is 28.8 Å². The standard InChI is InChI=1S/C24H20N4O4/c29-23(26-15-14-25-22-12-3-7-17-6-1-2-10-20(17)22)21-11-5-13-27-24(21)32-19-9-4-8-18(16-19)28(30)31/h1-13,16,25H,14-15H2,(H,26,29). The Morgan fingerprint density at radius 1 is 0.969 bits per heavy atom. The van der Waals surface area contributed by atoms with E-state index in [1.165, 1.54) is 24.4 Å². The summed E-state index contributed by atoms with van der Waals surface area (Å²) in [6.45, 7) is 0.911. The van der Waals surface area contributed by atoms with Crippen molar-refractivity contribution >= 4 is 28.1 Å². The van der Waals surface area contributed by atoms with Crippen molar-refractivity contribution in [3.8, 4) is 11.6 Å². The molecule has 2 N–H and O–H groups in total. The fourth-order valence-electron chi connectivity index (χ4n) is 3.27. The molecule has 160 valence electrons. The normalized spacial score (nSPS) is 10.5. The number of nitrogens with zero attached hydrogens (tertiary/aromatic N) is 2. The van der Waals surface area contributed by atoms with Crippen LogP contribution in [0.5, 0.6) is 11.6 Å². The first-order valence-electron chi connectivity index (χ1n) is 9.99. The van der Waals surface area contributed by atoms with Gasteiger partial charge >= 0.3 is 0 Å². The third-order valence-electron chi connectivity index (χ3n) is 4.77. The summed E-state index contributed by atoms with van der Waals surface area (Å²) in [5.74, 6) is -0.0460. The van der Waals surface area contributed by atoms with Crippen LogP contribution in [0.3, 0.4) is 0 Å². The highest BCUT2D eigenvalue weighted by molar-refractivity contribution is 5.96. The second-order valence-electron chi connectivity index (χ2n) is 6.92. The van der Waals surface area contributed by atoms with Crippen LogP contribution in [-0.4, -0.2) is 28.9 Å². The predicted molar refractivity (Wildman–Crippen MR) is 122 cm³/mol. The number of fused-ring (bicyclic) bond motifs is 1. The number of non-ortho nitro benzene ring substituents is 1. The van der Waals surface area contributed by atoms with Crippen molar-refractivity contribution in [2.24, 2.45) is 0 Å². The van der Waals surface area contributed by atoms with Crippen LogP contribution in [0.2, 0.25) is 0 Å². The van der Waals surface area contributed by atoms with Gasteiger partial charge in [0.2, 0.25) is 5.88 Å². The molecule has 0 radical (unpaired) electrons. The molecule has 0 saturated carbocycles. The molecule has 3 aromatic carbocycles. The van der Waals surface area contributed by atoms with Crippen LogP contribution >= 0.6 is 0 Å². The number of ether oxygens (including phenoxy) is 1. The summed E-state index contributed by atoms with van der Waals surface area (Å²) in [7, 11) is 0. The molecule has 1 aromatic heterocycles. The van der Waals surface area contributed by atoms with Crippen molar-refractivity contribution in [2.75, 3.05) is 18.4 Å². The first-order valence-corrected chi connectivity index (χ1v) is 9.99. The van der Waals surface area contributed by atoms with E-state index >= 15 is 0 Å². The van der Waals surface area contributed by atoms with Gasteiger partial charge in [0.05, 0.1) is 11.0 Å². The molecule has 0 bridgehead atoms. The minimum absolute atomic E-state index is 0.0764. The molecule has 32 heavy (non-hydrogen) atoms. The lowest BCUT2D eigenvalue weighted by molar-refractivity contribution is -0.384. The number of amides is 1. The number of anilines is 1. The number of hydrogen-bond acceptors (Lipinski definition) is 6. The van der Waals surface area contributed by atoms with Crippen molar-refractivity contribution in [2.45, 2.75) is 0 Å². The highest BCUT2D eigenvalue weighted by Gasteiger charge is 2.15. The molecule has 0 saturated heterocycles.